The van der Waals surface area contributed by atoms with Gasteiger partial charge in [-0.15, -0.1) is 0 Å². The molecule has 0 saturated heterocycles. The summed E-state index contributed by atoms with van der Waals surface area (Å²) in [6.45, 7) is 11.0. The number of rotatable bonds is 6. The van der Waals surface area contributed by atoms with E-state index < -0.39 is 0 Å². The van der Waals surface area contributed by atoms with Crippen LogP contribution in [0.5, 0.6) is 0 Å². The molecular formula is C13H24BrN3. The molecule has 0 radical (unpaired) electrons. The lowest BCUT2D eigenvalue weighted by molar-refractivity contribution is 0.361. The van der Waals surface area contributed by atoms with Crippen LogP contribution in [0.4, 0.5) is 0 Å². The molecule has 0 bridgehead atoms. The summed E-state index contributed by atoms with van der Waals surface area (Å²) in [5.41, 5.74) is 2.38. The minimum atomic E-state index is 0.653. The molecule has 0 aliphatic carbocycles. The van der Waals surface area contributed by atoms with Gasteiger partial charge in [-0.05, 0) is 54.2 Å². The Hall–Kier alpha value is -0.350. The summed E-state index contributed by atoms with van der Waals surface area (Å²) < 4.78 is 3.16. The Morgan fingerprint density at radius 3 is 2.47 bits per heavy atom. The van der Waals surface area contributed by atoms with E-state index in [1.807, 2.05) is 18.7 Å². The summed E-state index contributed by atoms with van der Waals surface area (Å²) >= 11 is 3.63. The number of hydrogen-bond acceptors (Lipinski definition) is 2. The van der Waals surface area contributed by atoms with Crippen LogP contribution in [0.3, 0.4) is 0 Å². The fourth-order valence-corrected chi connectivity index (χ4v) is 2.48. The van der Waals surface area contributed by atoms with Gasteiger partial charge in [0.15, 0.2) is 0 Å². The zero-order chi connectivity index (χ0) is 13.0. The molecule has 4 heteroatoms. The summed E-state index contributed by atoms with van der Waals surface area (Å²) in [6.07, 6.45) is 1.07. The predicted octanol–water partition coefficient (Wildman–Crippen LogP) is 2.92. The smallest absolute Gasteiger partial charge is 0.0738 e. The van der Waals surface area contributed by atoms with Crippen LogP contribution in [0.15, 0.2) is 4.47 Å². The highest BCUT2D eigenvalue weighted by molar-refractivity contribution is 9.10. The Morgan fingerprint density at radius 2 is 2.00 bits per heavy atom. The van der Waals surface area contributed by atoms with Gasteiger partial charge in [-0.1, -0.05) is 20.8 Å². The van der Waals surface area contributed by atoms with E-state index in [9.17, 15) is 0 Å². The molecule has 1 rings (SSSR count). The number of aromatic nitrogens is 2. The SMILES string of the molecule is CCNCC(C)C(C)Cc1c(Br)c(C)nn1C. The van der Waals surface area contributed by atoms with Crippen LogP contribution in [-0.4, -0.2) is 22.9 Å². The highest BCUT2D eigenvalue weighted by Crippen LogP contribution is 2.25. The van der Waals surface area contributed by atoms with E-state index in [1.165, 1.54) is 10.2 Å². The summed E-state index contributed by atoms with van der Waals surface area (Å²) in [5.74, 6) is 1.33. The molecule has 17 heavy (non-hydrogen) atoms. The molecular weight excluding hydrogens is 278 g/mol. The summed E-state index contributed by atoms with van der Waals surface area (Å²) in [7, 11) is 2.02. The Bertz CT molecular complexity index is 360. The minimum Gasteiger partial charge on any atom is -0.317 e. The summed E-state index contributed by atoms with van der Waals surface area (Å²) in [5, 5.41) is 7.85. The van der Waals surface area contributed by atoms with E-state index >= 15 is 0 Å². The zero-order valence-corrected chi connectivity index (χ0v) is 13.1. The predicted molar refractivity (Wildman–Crippen MR) is 76.2 cm³/mol. The molecule has 0 saturated carbocycles. The number of hydrogen-bond donors (Lipinski definition) is 1. The molecule has 0 aliphatic rings. The van der Waals surface area contributed by atoms with E-state index in [0.29, 0.717) is 11.8 Å². The van der Waals surface area contributed by atoms with Gasteiger partial charge >= 0.3 is 0 Å². The van der Waals surface area contributed by atoms with E-state index in [1.54, 1.807) is 0 Å². The van der Waals surface area contributed by atoms with Crippen molar-refractivity contribution in [2.75, 3.05) is 13.1 Å². The molecule has 0 aliphatic heterocycles. The third-order valence-electron chi connectivity index (χ3n) is 3.46. The van der Waals surface area contributed by atoms with E-state index in [4.69, 9.17) is 0 Å². The second-order valence-corrected chi connectivity index (χ2v) is 5.73. The van der Waals surface area contributed by atoms with Crippen LogP contribution < -0.4 is 5.32 Å². The Kier molecular flexibility index (Phi) is 5.67. The number of halogens is 1. The maximum Gasteiger partial charge on any atom is 0.0738 e. The maximum absolute atomic E-state index is 4.44. The van der Waals surface area contributed by atoms with Gasteiger partial charge in [-0.2, -0.15) is 5.10 Å². The van der Waals surface area contributed by atoms with Crippen LogP contribution in [0.2, 0.25) is 0 Å². The molecule has 0 amide bonds. The largest absolute Gasteiger partial charge is 0.317 e. The third-order valence-corrected chi connectivity index (χ3v) is 4.50. The molecule has 1 aromatic heterocycles. The number of aryl methyl sites for hydroxylation is 2. The van der Waals surface area contributed by atoms with Crippen molar-refractivity contribution in [2.24, 2.45) is 18.9 Å². The lowest BCUT2D eigenvalue weighted by Gasteiger charge is -2.20. The van der Waals surface area contributed by atoms with Crippen LogP contribution in [0, 0.1) is 18.8 Å². The average Bonchev–Trinajstić information content (AvgIpc) is 2.52. The fourth-order valence-electron chi connectivity index (χ4n) is 1.98. The van der Waals surface area contributed by atoms with Crippen LogP contribution in [0.1, 0.15) is 32.2 Å². The van der Waals surface area contributed by atoms with E-state index in [0.717, 1.165) is 25.2 Å². The molecule has 1 heterocycles. The summed E-state index contributed by atoms with van der Waals surface area (Å²) in [6, 6.07) is 0. The van der Waals surface area contributed by atoms with Gasteiger partial charge in [0.2, 0.25) is 0 Å². The molecule has 0 aromatic carbocycles. The van der Waals surface area contributed by atoms with Gasteiger partial charge in [-0.3, -0.25) is 4.68 Å². The minimum absolute atomic E-state index is 0.653. The van der Waals surface area contributed by atoms with Gasteiger partial charge in [0.25, 0.3) is 0 Å². The maximum atomic E-state index is 4.44. The number of nitrogens with zero attached hydrogens (tertiary/aromatic N) is 2. The quantitative estimate of drug-likeness (QED) is 0.875. The second-order valence-electron chi connectivity index (χ2n) is 4.94. The van der Waals surface area contributed by atoms with Crippen molar-refractivity contribution in [1.29, 1.82) is 0 Å². The first-order chi connectivity index (χ1) is 7.97. The first-order valence-corrected chi connectivity index (χ1v) is 7.15. The van der Waals surface area contributed by atoms with Gasteiger partial charge in [-0.25, -0.2) is 0 Å². The van der Waals surface area contributed by atoms with E-state index in [-0.39, 0.29) is 0 Å². The molecule has 1 aromatic rings. The van der Waals surface area contributed by atoms with E-state index in [2.05, 4.69) is 47.1 Å². The molecule has 98 valence electrons. The monoisotopic (exact) mass is 301 g/mol. The lowest BCUT2D eigenvalue weighted by Crippen LogP contribution is -2.26. The first kappa shape index (κ1) is 14.7. The van der Waals surface area contributed by atoms with Crippen LogP contribution in [0.25, 0.3) is 0 Å². The van der Waals surface area contributed by atoms with Crippen molar-refractivity contribution >= 4 is 15.9 Å². The van der Waals surface area contributed by atoms with Crippen molar-refractivity contribution in [2.45, 2.75) is 34.1 Å². The third kappa shape index (κ3) is 3.81. The molecule has 0 fully saturated rings. The van der Waals surface area contributed by atoms with Gasteiger partial charge < -0.3 is 5.32 Å². The zero-order valence-electron chi connectivity index (χ0n) is 11.5. The van der Waals surface area contributed by atoms with Crippen molar-refractivity contribution in [1.82, 2.24) is 15.1 Å². The van der Waals surface area contributed by atoms with Crippen molar-refractivity contribution < 1.29 is 0 Å². The fraction of sp³-hybridized carbons (Fsp3) is 0.769. The summed E-state index contributed by atoms with van der Waals surface area (Å²) in [4.78, 5) is 0. The van der Waals surface area contributed by atoms with Crippen LogP contribution >= 0.6 is 15.9 Å². The molecule has 3 nitrogen and oxygen atoms in total. The van der Waals surface area contributed by atoms with Crippen molar-refractivity contribution in [3.05, 3.63) is 15.9 Å². The molecule has 0 spiro atoms. The standard InChI is InChI=1S/C13H24BrN3/c1-6-15-8-10(3)9(2)7-12-13(14)11(4)16-17(12)5/h9-10,15H,6-8H2,1-5H3. The number of nitrogens with one attached hydrogen (secondary N) is 1. The highest BCUT2D eigenvalue weighted by Gasteiger charge is 2.17. The van der Waals surface area contributed by atoms with Crippen LogP contribution in [-0.2, 0) is 13.5 Å². The molecule has 1 N–H and O–H groups in total. The Morgan fingerprint density at radius 1 is 1.35 bits per heavy atom. The van der Waals surface area contributed by atoms with Crippen molar-refractivity contribution in [3.63, 3.8) is 0 Å². The van der Waals surface area contributed by atoms with Gasteiger partial charge in [0, 0.05) is 7.05 Å². The van der Waals surface area contributed by atoms with Gasteiger partial charge in [0.05, 0.1) is 15.9 Å². The first-order valence-electron chi connectivity index (χ1n) is 6.36. The highest BCUT2D eigenvalue weighted by atomic mass is 79.9. The second kappa shape index (κ2) is 6.55. The normalized spacial score (nSPS) is 14.9. The topological polar surface area (TPSA) is 29.9 Å². The van der Waals surface area contributed by atoms with Gasteiger partial charge in [0.1, 0.15) is 0 Å². The lowest BCUT2D eigenvalue weighted by atomic mass is 9.91. The average molecular weight is 302 g/mol. The molecule has 2 atom stereocenters. The molecule has 2 unspecified atom stereocenters. The van der Waals surface area contributed by atoms with Crippen molar-refractivity contribution in [3.8, 4) is 0 Å². The Labute approximate surface area is 113 Å². The Balaban J connectivity index is 2.64.